The Kier molecular flexibility index (Phi) is 8.60. The SMILES string of the molecule is C[C@H](CCC(=O)NCCCCN(C)C)[C@H]1CC[C@H]2[C@@H]3[C@@H](O)C[C@@H]4C[C@H](O)CC[C@]4(C)[C@H]3CC[C@]12C. The standard InChI is InChI=1S/C30H54N2O3/c1-20(8-11-27(35)31-16-6-7-17-32(4)5)23-9-10-24-28-25(13-15-30(23,24)3)29(2)14-12-22(33)18-21(29)19-26(28)34/h20-26,28,33-34H,6-19H2,1-5H3,(H,31,35)/t20-,21+,22-,23-,24+,25+,26+,28+,29+,30-/m1/s1. The molecule has 0 unspecified atom stereocenters. The largest absolute Gasteiger partial charge is 0.393 e. The summed E-state index contributed by atoms with van der Waals surface area (Å²) in [6.07, 6.45) is 12.2. The maximum atomic E-state index is 12.5. The number of hydrogen-bond acceptors (Lipinski definition) is 4. The number of nitrogens with one attached hydrogen (secondary N) is 1. The zero-order valence-electron chi connectivity index (χ0n) is 23.3. The summed E-state index contributed by atoms with van der Waals surface area (Å²) in [6.45, 7) is 9.27. The zero-order valence-corrected chi connectivity index (χ0v) is 23.3. The van der Waals surface area contributed by atoms with Gasteiger partial charge in [0.15, 0.2) is 0 Å². The molecule has 0 bridgehead atoms. The number of rotatable bonds is 9. The van der Waals surface area contributed by atoms with Crippen molar-refractivity contribution in [1.82, 2.24) is 10.2 Å². The van der Waals surface area contributed by atoms with Crippen LogP contribution in [0.1, 0.15) is 97.8 Å². The van der Waals surface area contributed by atoms with E-state index in [-0.39, 0.29) is 18.1 Å². The number of fused-ring (bicyclic) bond motifs is 5. The summed E-state index contributed by atoms with van der Waals surface area (Å²) in [6, 6.07) is 0. The van der Waals surface area contributed by atoms with Crippen LogP contribution in [0.5, 0.6) is 0 Å². The third-order valence-electron chi connectivity index (χ3n) is 11.6. The van der Waals surface area contributed by atoms with Gasteiger partial charge in [0.25, 0.3) is 0 Å². The molecule has 3 N–H and O–H groups in total. The van der Waals surface area contributed by atoms with Crippen LogP contribution in [0.25, 0.3) is 0 Å². The fraction of sp³-hybridized carbons (Fsp3) is 0.967. The maximum absolute atomic E-state index is 12.5. The fourth-order valence-corrected chi connectivity index (χ4v) is 9.60. The number of carbonyl (C=O) groups is 1. The van der Waals surface area contributed by atoms with Gasteiger partial charge in [0.1, 0.15) is 0 Å². The first-order valence-corrected chi connectivity index (χ1v) is 14.8. The normalized spacial score (nSPS) is 43.8. The van der Waals surface area contributed by atoms with Crippen molar-refractivity contribution in [2.24, 2.45) is 46.3 Å². The average molecular weight is 491 g/mol. The highest BCUT2D eigenvalue weighted by atomic mass is 16.3. The summed E-state index contributed by atoms with van der Waals surface area (Å²) in [4.78, 5) is 14.7. The molecule has 4 aliphatic rings. The first-order chi connectivity index (χ1) is 16.6. The van der Waals surface area contributed by atoms with E-state index in [0.29, 0.717) is 52.8 Å². The minimum atomic E-state index is -0.208. The van der Waals surface area contributed by atoms with Crippen LogP contribution in [0.4, 0.5) is 0 Å². The Morgan fingerprint density at radius 3 is 2.46 bits per heavy atom. The molecular weight excluding hydrogens is 436 g/mol. The van der Waals surface area contributed by atoms with E-state index in [4.69, 9.17) is 0 Å². The first kappa shape index (κ1) is 27.4. The van der Waals surface area contributed by atoms with Crippen LogP contribution in [-0.4, -0.2) is 60.4 Å². The van der Waals surface area contributed by atoms with Crippen molar-refractivity contribution in [1.29, 1.82) is 0 Å². The van der Waals surface area contributed by atoms with E-state index < -0.39 is 0 Å². The van der Waals surface area contributed by atoms with Gasteiger partial charge in [-0.05, 0) is 138 Å². The van der Waals surface area contributed by atoms with Crippen molar-refractivity contribution < 1.29 is 15.0 Å². The summed E-state index contributed by atoms with van der Waals surface area (Å²) in [7, 11) is 4.18. The summed E-state index contributed by atoms with van der Waals surface area (Å²) in [5, 5.41) is 24.9. The molecule has 4 aliphatic carbocycles. The molecular formula is C30H54N2O3. The van der Waals surface area contributed by atoms with Gasteiger partial charge in [-0.2, -0.15) is 0 Å². The second-order valence-electron chi connectivity index (χ2n) is 13.8. The molecule has 4 rings (SSSR count). The zero-order chi connectivity index (χ0) is 25.4. The van der Waals surface area contributed by atoms with E-state index in [1.54, 1.807) is 0 Å². The van der Waals surface area contributed by atoms with Gasteiger partial charge >= 0.3 is 0 Å². The second kappa shape index (κ2) is 11.0. The lowest BCUT2D eigenvalue weighted by Crippen LogP contribution is -2.58. The van der Waals surface area contributed by atoms with Gasteiger partial charge in [-0.25, -0.2) is 0 Å². The number of hydrogen-bond donors (Lipinski definition) is 3. The van der Waals surface area contributed by atoms with E-state index >= 15 is 0 Å². The number of carbonyl (C=O) groups excluding carboxylic acids is 1. The van der Waals surface area contributed by atoms with E-state index in [2.05, 4.69) is 45.1 Å². The Labute approximate surface area is 214 Å². The van der Waals surface area contributed by atoms with Crippen LogP contribution in [0.3, 0.4) is 0 Å². The Morgan fingerprint density at radius 1 is 1.00 bits per heavy atom. The van der Waals surface area contributed by atoms with E-state index in [1.807, 2.05) is 0 Å². The highest BCUT2D eigenvalue weighted by Crippen LogP contribution is 2.68. The van der Waals surface area contributed by atoms with Crippen LogP contribution in [0.2, 0.25) is 0 Å². The minimum absolute atomic E-state index is 0.169. The first-order valence-electron chi connectivity index (χ1n) is 14.8. The summed E-state index contributed by atoms with van der Waals surface area (Å²) < 4.78 is 0. The monoisotopic (exact) mass is 490 g/mol. The summed E-state index contributed by atoms with van der Waals surface area (Å²) >= 11 is 0. The van der Waals surface area contributed by atoms with Gasteiger partial charge in [-0.3, -0.25) is 4.79 Å². The molecule has 202 valence electrons. The number of amides is 1. The molecule has 10 atom stereocenters. The summed E-state index contributed by atoms with van der Waals surface area (Å²) in [5.41, 5.74) is 0.584. The highest BCUT2D eigenvalue weighted by molar-refractivity contribution is 5.75. The fourth-order valence-electron chi connectivity index (χ4n) is 9.60. The minimum Gasteiger partial charge on any atom is -0.393 e. The Morgan fingerprint density at radius 2 is 1.71 bits per heavy atom. The molecule has 0 aliphatic heterocycles. The Balaban J connectivity index is 1.33. The van der Waals surface area contributed by atoms with E-state index in [0.717, 1.165) is 58.0 Å². The van der Waals surface area contributed by atoms with Crippen molar-refractivity contribution in [3.8, 4) is 0 Å². The van der Waals surface area contributed by atoms with Crippen molar-refractivity contribution in [2.75, 3.05) is 27.2 Å². The predicted molar refractivity (Wildman–Crippen MR) is 142 cm³/mol. The lowest BCUT2D eigenvalue weighted by Gasteiger charge is -2.62. The molecule has 5 nitrogen and oxygen atoms in total. The third kappa shape index (κ3) is 5.48. The molecule has 0 radical (unpaired) electrons. The van der Waals surface area contributed by atoms with E-state index in [1.165, 1.54) is 25.7 Å². The molecule has 0 aromatic rings. The smallest absolute Gasteiger partial charge is 0.220 e. The molecule has 4 saturated carbocycles. The van der Waals surface area contributed by atoms with Crippen LogP contribution in [0, 0.1) is 46.3 Å². The van der Waals surface area contributed by atoms with Crippen LogP contribution < -0.4 is 5.32 Å². The van der Waals surface area contributed by atoms with Crippen LogP contribution >= 0.6 is 0 Å². The van der Waals surface area contributed by atoms with E-state index in [9.17, 15) is 15.0 Å². The topological polar surface area (TPSA) is 72.8 Å². The predicted octanol–water partition coefficient (Wildman–Crippen LogP) is 4.85. The molecule has 0 saturated heterocycles. The Bertz CT molecular complexity index is 728. The number of nitrogens with zero attached hydrogens (tertiary/aromatic N) is 1. The van der Waals surface area contributed by atoms with Gasteiger partial charge in [0, 0.05) is 13.0 Å². The van der Waals surface area contributed by atoms with Gasteiger partial charge in [-0.15, -0.1) is 0 Å². The molecule has 1 amide bonds. The quantitative estimate of drug-likeness (QED) is 0.404. The third-order valence-corrected chi connectivity index (χ3v) is 11.6. The average Bonchev–Trinajstić information content (AvgIpc) is 3.15. The van der Waals surface area contributed by atoms with Gasteiger partial charge in [0.2, 0.25) is 5.91 Å². The van der Waals surface area contributed by atoms with Crippen molar-refractivity contribution in [3.63, 3.8) is 0 Å². The van der Waals surface area contributed by atoms with Crippen molar-refractivity contribution in [2.45, 2.75) is 110 Å². The van der Waals surface area contributed by atoms with Crippen molar-refractivity contribution >= 4 is 5.91 Å². The Hall–Kier alpha value is -0.650. The molecule has 5 heteroatoms. The molecule has 35 heavy (non-hydrogen) atoms. The van der Waals surface area contributed by atoms with Gasteiger partial charge in [0.05, 0.1) is 12.2 Å². The van der Waals surface area contributed by atoms with Gasteiger partial charge < -0.3 is 20.4 Å². The second-order valence-corrected chi connectivity index (χ2v) is 13.8. The summed E-state index contributed by atoms with van der Waals surface area (Å²) in [5.74, 6) is 3.54. The lowest BCUT2D eigenvalue weighted by molar-refractivity contribution is -0.174. The van der Waals surface area contributed by atoms with Gasteiger partial charge in [-0.1, -0.05) is 20.8 Å². The maximum Gasteiger partial charge on any atom is 0.220 e. The molecule has 0 heterocycles. The lowest BCUT2D eigenvalue weighted by atomic mass is 9.43. The highest BCUT2D eigenvalue weighted by Gasteiger charge is 2.62. The molecule has 0 aromatic heterocycles. The molecule has 0 spiro atoms. The number of aliphatic hydroxyl groups excluding tert-OH is 2. The molecule has 0 aromatic carbocycles. The number of unbranched alkanes of at least 4 members (excludes halogenated alkanes) is 1. The van der Waals surface area contributed by atoms with Crippen LogP contribution in [0.15, 0.2) is 0 Å². The number of aliphatic hydroxyl groups is 2. The van der Waals surface area contributed by atoms with Crippen molar-refractivity contribution in [3.05, 3.63) is 0 Å². The van der Waals surface area contributed by atoms with Crippen LogP contribution in [-0.2, 0) is 4.79 Å². The molecule has 4 fully saturated rings.